The van der Waals surface area contributed by atoms with Crippen LogP contribution < -0.4 is 10.2 Å². The second-order valence-corrected chi connectivity index (χ2v) is 11.6. The minimum atomic E-state index is -4.97. The van der Waals surface area contributed by atoms with Crippen LogP contribution in [0.15, 0.2) is 58.5 Å². The number of aromatic amines is 1. The summed E-state index contributed by atoms with van der Waals surface area (Å²) in [6, 6.07) is 12.3. The van der Waals surface area contributed by atoms with Gasteiger partial charge in [-0.3, -0.25) is 9.78 Å². The van der Waals surface area contributed by atoms with Crippen LogP contribution in [-0.2, 0) is 10.2 Å². The average molecular weight is 559 g/mol. The minimum absolute atomic E-state index is 0.129. The molecule has 0 unspecified atom stereocenters. The van der Waals surface area contributed by atoms with Gasteiger partial charge in [0.1, 0.15) is 16.3 Å². The molecule has 0 spiro atoms. The summed E-state index contributed by atoms with van der Waals surface area (Å²) in [5.74, 6) is 0.400. The number of ether oxygens (including phenoxy) is 1. The van der Waals surface area contributed by atoms with Crippen molar-refractivity contribution < 1.29 is 17.0 Å². The van der Waals surface area contributed by atoms with Crippen molar-refractivity contribution in [1.82, 2.24) is 14.5 Å². The molecule has 1 aliphatic rings. The van der Waals surface area contributed by atoms with Gasteiger partial charge in [-0.1, -0.05) is 32.3 Å². The van der Waals surface area contributed by atoms with Crippen LogP contribution in [0.4, 0.5) is 3.89 Å². The Bertz CT molecular complexity index is 2000. The molecule has 10 heteroatoms. The summed E-state index contributed by atoms with van der Waals surface area (Å²) in [5.41, 5.74) is 3.27. The average Bonchev–Trinajstić information content (AvgIpc) is 3.61. The smallest absolute Gasteiger partial charge is 0.333 e. The first-order valence-corrected chi connectivity index (χ1v) is 14.8. The monoisotopic (exact) mass is 558 g/mol. The number of nitrogens with zero attached hydrogens (tertiary/aromatic N) is 3. The molecule has 0 amide bonds. The van der Waals surface area contributed by atoms with Gasteiger partial charge >= 0.3 is 10.2 Å². The molecule has 0 atom stereocenters. The number of pyridine rings is 2. The Labute approximate surface area is 230 Å². The summed E-state index contributed by atoms with van der Waals surface area (Å²) in [6.07, 6.45) is 8.11. The summed E-state index contributed by atoms with van der Waals surface area (Å²) < 4.78 is 45.5. The molecule has 8 nitrogen and oxygen atoms in total. The number of nitriles is 1. The molecular formula is C30H27FN4O4S. The number of hydrogen-bond donors (Lipinski definition) is 1. The Morgan fingerprint density at radius 3 is 2.67 bits per heavy atom. The second-order valence-electron chi connectivity index (χ2n) is 10.3. The zero-order valence-corrected chi connectivity index (χ0v) is 22.7. The Kier molecular flexibility index (Phi) is 6.55. The van der Waals surface area contributed by atoms with E-state index >= 15 is 0 Å². The highest BCUT2D eigenvalue weighted by Gasteiger charge is 2.26. The summed E-state index contributed by atoms with van der Waals surface area (Å²) in [5, 5.41) is 11.2. The summed E-state index contributed by atoms with van der Waals surface area (Å²) >= 11 is 0. The maximum atomic E-state index is 14.1. The van der Waals surface area contributed by atoms with E-state index in [0.29, 0.717) is 56.5 Å². The van der Waals surface area contributed by atoms with Crippen molar-refractivity contribution in [3.63, 3.8) is 0 Å². The lowest BCUT2D eigenvalue weighted by atomic mass is 10.0. The lowest BCUT2D eigenvalue weighted by molar-refractivity contribution is 0.311. The van der Waals surface area contributed by atoms with Crippen molar-refractivity contribution in [3.8, 4) is 22.9 Å². The number of H-pyrrole nitrogens is 1. The fraction of sp³-hybridized carbons (Fsp3) is 0.300. The maximum absolute atomic E-state index is 14.1. The van der Waals surface area contributed by atoms with Crippen LogP contribution in [0.5, 0.6) is 5.75 Å². The van der Waals surface area contributed by atoms with Crippen LogP contribution in [0.25, 0.3) is 44.0 Å². The molecule has 2 aromatic carbocycles. The number of benzene rings is 2. The van der Waals surface area contributed by atoms with Crippen molar-refractivity contribution in [2.45, 2.75) is 56.4 Å². The number of nitrogens with one attached hydrogen (secondary N) is 1. The topological polar surface area (TPSA) is 118 Å². The fourth-order valence-corrected chi connectivity index (χ4v) is 6.24. The van der Waals surface area contributed by atoms with Gasteiger partial charge in [-0.2, -0.15) is 13.7 Å². The Morgan fingerprint density at radius 1 is 1.15 bits per heavy atom. The number of rotatable bonds is 7. The van der Waals surface area contributed by atoms with Crippen LogP contribution in [0, 0.1) is 11.3 Å². The van der Waals surface area contributed by atoms with Gasteiger partial charge in [-0.05, 0) is 49.6 Å². The van der Waals surface area contributed by atoms with Crippen molar-refractivity contribution in [2.75, 3.05) is 6.61 Å². The maximum Gasteiger partial charge on any atom is 0.333 e. The number of hydrogen-bond acceptors (Lipinski definition) is 6. The van der Waals surface area contributed by atoms with Gasteiger partial charge in [-0.15, -0.1) is 3.89 Å². The predicted molar refractivity (Wildman–Crippen MR) is 152 cm³/mol. The summed E-state index contributed by atoms with van der Waals surface area (Å²) in [6.45, 7) is 2.43. The molecule has 3 heterocycles. The Hall–Kier alpha value is -4.23. The first-order chi connectivity index (χ1) is 19.3. The van der Waals surface area contributed by atoms with E-state index in [1.807, 2.05) is 13.0 Å². The van der Waals surface area contributed by atoms with E-state index in [1.165, 1.54) is 12.3 Å². The normalized spacial score (nSPS) is 14.3. The van der Waals surface area contributed by atoms with E-state index in [0.717, 1.165) is 50.1 Å². The number of fused-ring (bicyclic) bond motifs is 4. The lowest BCUT2D eigenvalue weighted by Crippen LogP contribution is -2.15. The largest absolute Gasteiger partial charge is 0.493 e. The van der Waals surface area contributed by atoms with E-state index in [-0.39, 0.29) is 11.5 Å². The molecule has 0 saturated heterocycles. The zero-order valence-electron chi connectivity index (χ0n) is 21.9. The number of aromatic nitrogens is 3. The molecule has 6 rings (SSSR count). The van der Waals surface area contributed by atoms with Gasteiger partial charge < -0.3 is 14.3 Å². The van der Waals surface area contributed by atoms with Gasteiger partial charge in [0.25, 0.3) is 0 Å². The molecule has 0 aliphatic heterocycles. The molecule has 40 heavy (non-hydrogen) atoms. The quantitative estimate of drug-likeness (QED) is 0.179. The third-order valence-electron chi connectivity index (χ3n) is 7.73. The standard InChI is InChI=1S/C30H27FN4O4S/c1-2-3-10-39-27-14-24-26(13-23(27)19-12-21(17-33-16-19)40(31,37)38)35(20-6-4-5-7-20)30-28(29(24)36)22-9-8-18(15-32)11-25(22)34-30/h8-9,11-14,16-17,20,34H,2-7,10H2,1H3. The molecule has 3 aromatic heterocycles. The molecule has 0 radical (unpaired) electrons. The Morgan fingerprint density at radius 2 is 1.95 bits per heavy atom. The van der Waals surface area contributed by atoms with Gasteiger partial charge in [0.15, 0.2) is 5.43 Å². The first kappa shape index (κ1) is 26.0. The van der Waals surface area contributed by atoms with E-state index < -0.39 is 15.1 Å². The fourth-order valence-electron chi connectivity index (χ4n) is 5.78. The highest BCUT2D eigenvalue weighted by Crippen LogP contribution is 2.40. The highest BCUT2D eigenvalue weighted by atomic mass is 32.3. The van der Waals surface area contributed by atoms with E-state index in [1.54, 1.807) is 24.3 Å². The SMILES string of the molecule is CCCCOc1cc2c(=O)c3c4ccc(C#N)cc4[nH]c3n(C3CCCC3)c2cc1-c1cncc(S(=O)(=O)F)c1. The molecule has 0 bridgehead atoms. The van der Waals surface area contributed by atoms with Crippen molar-refractivity contribution in [2.24, 2.45) is 0 Å². The molecule has 1 aliphatic carbocycles. The highest BCUT2D eigenvalue weighted by molar-refractivity contribution is 7.86. The van der Waals surface area contributed by atoms with Gasteiger partial charge in [0.05, 0.1) is 34.5 Å². The van der Waals surface area contributed by atoms with E-state index in [2.05, 4.69) is 20.6 Å². The molecule has 204 valence electrons. The molecule has 1 saturated carbocycles. The predicted octanol–water partition coefficient (Wildman–Crippen LogP) is 6.52. The Balaban J connectivity index is 1.71. The third kappa shape index (κ3) is 4.40. The van der Waals surface area contributed by atoms with Crippen molar-refractivity contribution >= 4 is 43.1 Å². The number of unbranched alkanes of at least 4 members (excludes halogenated alkanes) is 1. The van der Waals surface area contributed by atoms with Crippen LogP contribution in [-0.4, -0.2) is 29.6 Å². The third-order valence-corrected chi connectivity index (χ3v) is 8.52. The number of halogens is 1. The van der Waals surface area contributed by atoms with E-state index in [9.17, 15) is 22.4 Å². The summed E-state index contributed by atoms with van der Waals surface area (Å²) in [7, 11) is -4.97. The van der Waals surface area contributed by atoms with Crippen molar-refractivity contribution in [3.05, 3.63) is 64.6 Å². The van der Waals surface area contributed by atoms with Gasteiger partial charge in [0.2, 0.25) is 0 Å². The van der Waals surface area contributed by atoms with Crippen LogP contribution >= 0.6 is 0 Å². The molecular weight excluding hydrogens is 531 g/mol. The molecule has 1 N–H and O–H groups in total. The molecule has 1 fully saturated rings. The van der Waals surface area contributed by atoms with Crippen LogP contribution in [0.2, 0.25) is 0 Å². The zero-order chi connectivity index (χ0) is 28.0. The van der Waals surface area contributed by atoms with Gasteiger partial charge in [0, 0.05) is 40.5 Å². The second kappa shape index (κ2) is 10.1. The van der Waals surface area contributed by atoms with Crippen molar-refractivity contribution in [1.29, 1.82) is 5.26 Å². The minimum Gasteiger partial charge on any atom is -0.493 e. The van der Waals surface area contributed by atoms with E-state index in [4.69, 9.17) is 4.74 Å². The van der Waals surface area contributed by atoms with Gasteiger partial charge in [-0.25, -0.2) is 0 Å². The van der Waals surface area contributed by atoms with Crippen LogP contribution in [0.3, 0.4) is 0 Å². The first-order valence-electron chi connectivity index (χ1n) is 13.4. The summed E-state index contributed by atoms with van der Waals surface area (Å²) in [4.78, 5) is 21.0. The van der Waals surface area contributed by atoms with Crippen LogP contribution in [0.1, 0.15) is 57.1 Å². The molecule has 5 aromatic rings. The lowest BCUT2D eigenvalue weighted by Gasteiger charge is -2.21.